The van der Waals surface area contributed by atoms with Crippen molar-refractivity contribution in [3.05, 3.63) is 28.2 Å². The highest BCUT2D eigenvalue weighted by Gasteiger charge is 2.16. The zero-order valence-electron chi connectivity index (χ0n) is 10.8. The number of rotatable bonds is 2. The topological polar surface area (TPSA) is 56.8 Å². The third kappa shape index (κ3) is 2.64. The van der Waals surface area contributed by atoms with Crippen LogP contribution in [0.4, 0.5) is 5.95 Å². The van der Waals surface area contributed by atoms with Crippen LogP contribution in [-0.2, 0) is 0 Å². The van der Waals surface area contributed by atoms with Gasteiger partial charge in [0.1, 0.15) is 0 Å². The Hall–Kier alpha value is -1.40. The minimum absolute atomic E-state index is 0.788. The van der Waals surface area contributed by atoms with Crippen molar-refractivity contribution in [1.82, 2.24) is 20.5 Å². The molecule has 3 rings (SSSR count). The minimum Gasteiger partial charge on any atom is -0.337 e. The van der Waals surface area contributed by atoms with E-state index in [4.69, 9.17) is 0 Å². The summed E-state index contributed by atoms with van der Waals surface area (Å²) in [5.41, 5.74) is 2.27. The molecular weight excluding hydrogens is 306 g/mol. The lowest BCUT2D eigenvalue weighted by atomic mass is 10.1. The molecule has 5 nitrogen and oxygen atoms in total. The molecule has 2 aromatic rings. The van der Waals surface area contributed by atoms with Gasteiger partial charge in [-0.2, -0.15) is 4.98 Å². The van der Waals surface area contributed by atoms with Crippen LogP contribution < -0.4 is 10.2 Å². The first-order valence-corrected chi connectivity index (χ1v) is 7.18. The summed E-state index contributed by atoms with van der Waals surface area (Å²) in [4.78, 5) is 6.81. The van der Waals surface area contributed by atoms with Crippen molar-refractivity contribution in [2.75, 3.05) is 31.1 Å². The number of halogens is 1. The van der Waals surface area contributed by atoms with E-state index in [0.717, 1.165) is 48.0 Å². The Morgan fingerprint density at radius 3 is 2.84 bits per heavy atom. The van der Waals surface area contributed by atoms with Crippen LogP contribution in [0.3, 0.4) is 0 Å². The minimum atomic E-state index is 0.788. The molecular formula is C13H16BrN5. The Morgan fingerprint density at radius 2 is 2.05 bits per heavy atom. The van der Waals surface area contributed by atoms with Crippen molar-refractivity contribution < 1.29 is 0 Å². The molecule has 1 fully saturated rings. The number of benzene rings is 1. The number of hydrogen-bond donors (Lipinski definition) is 2. The highest BCUT2D eigenvalue weighted by atomic mass is 79.9. The van der Waals surface area contributed by atoms with Crippen LogP contribution in [0.2, 0.25) is 0 Å². The molecule has 1 saturated heterocycles. The van der Waals surface area contributed by atoms with Gasteiger partial charge in [0.2, 0.25) is 5.95 Å². The fourth-order valence-corrected chi connectivity index (χ4v) is 2.59. The van der Waals surface area contributed by atoms with Gasteiger partial charge in [0.25, 0.3) is 0 Å². The van der Waals surface area contributed by atoms with E-state index in [2.05, 4.69) is 60.4 Å². The van der Waals surface area contributed by atoms with E-state index >= 15 is 0 Å². The van der Waals surface area contributed by atoms with E-state index in [9.17, 15) is 0 Å². The van der Waals surface area contributed by atoms with Crippen LogP contribution >= 0.6 is 15.9 Å². The number of hydrogen-bond acceptors (Lipinski definition) is 4. The fraction of sp³-hybridized carbons (Fsp3) is 0.385. The van der Waals surface area contributed by atoms with E-state index < -0.39 is 0 Å². The van der Waals surface area contributed by atoms with Crippen molar-refractivity contribution in [1.29, 1.82) is 0 Å². The first-order chi connectivity index (χ1) is 9.24. The third-order valence-corrected chi connectivity index (χ3v) is 3.82. The molecule has 0 saturated carbocycles. The molecule has 1 aliphatic heterocycles. The standard InChI is InChI=1S/C13H16BrN5/c1-9-2-3-10(14)8-11(9)12-16-13(18-17-12)19-6-4-15-5-7-19/h2-3,8,15H,4-7H2,1H3,(H,16,17,18). The van der Waals surface area contributed by atoms with Gasteiger partial charge in [-0.1, -0.05) is 22.0 Å². The number of aromatic nitrogens is 3. The molecule has 6 heteroatoms. The number of aromatic amines is 1. The number of anilines is 1. The molecule has 0 atom stereocenters. The molecule has 2 heterocycles. The molecule has 19 heavy (non-hydrogen) atoms. The quantitative estimate of drug-likeness (QED) is 0.887. The van der Waals surface area contributed by atoms with Gasteiger partial charge in [0, 0.05) is 36.2 Å². The summed E-state index contributed by atoms with van der Waals surface area (Å²) in [6, 6.07) is 6.18. The number of aryl methyl sites for hydroxylation is 1. The molecule has 0 aliphatic carbocycles. The van der Waals surface area contributed by atoms with Gasteiger partial charge in [0.05, 0.1) is 0 Å². The van der Waals surface area contributed by atoms with E-state index in [1.807, 2.05) is 6.07 Å². The first-order valence-electron chi connectivity index (χ1n) is 6.38. The van der Waals surface area contributed by atoms with Gasteiger partial charge in [0.15, 0.2) is 5.82 Å². The Kier molecular flexibility index (Phi) is 3.52. The lowest BCUT2D eigenvalue weighted by molar-refractivity contribution is 0.580. The molecule has 1 aliphatic rings. The molecule has 0 bridgehead atoms. The summed E-state index contributed by atoms with van der Waals surface area (Å²) in [7, 11) is 0. The molecule has 0 amide bonds. The SMILES string of the molecule is Cc1ccc(Br)cc1-c1nc(N2CCNCC2)n[nH]1. The Labute approximate surface area is 120 Å². The zero-order chi connectivity index (χ0) is 13.2. The van der Waals surface area contributed by atoms with Crippen molar-refractivity contribution in [2.45, 2.75) is 6.92 Å². The maximum atomic E-state index is 4.62. The predicted octanol–water partition coefficient (Wildman–Crippen LogP) is 1.95. The Bertz CT molecular complexity index is 574. The van der Waals surface area contributed by atoms with E-state index in [1.54, 1.807) is 0 Å². The predicted molar refractivity (Wildman–Crippen MR) is 79.3 cm³/mol. The average Bonchev–Trinajstić information content (AvgIpc) is 2.92. The normalized spacial score (nSPS) is 15.8. The average molecular weight is 322 g/mol. The number of nitrogens with one attached hydrogen (secondary N) is 2. The molecule has 1 aromatic heterocycles. The largest absolute Gasteiger partial charge is 0.337 e. The van der Waals surface area contributed by atoms with Gasteiger partial charge in [-0.05, 0) is 24.6 Å². The summed E-state index contributed by atoms with van der Waals surface area (Å²) in [5.74, 6) is 1.61. The van der Waals surface area contributed by atoms with Gasteiger partial charge in [-0.3, -0.25) is 5.10 Å². The van der Waals surface area contributed by atoms with E-state index in [-0.39, 0.29) is 0 Å². The number of piperazine rings is 1. The van der Waals surface area contributed by atoms with E-state index in [0.29, 0.717) is 0 Å². The van der Waals surface area contributed by atoms with Crippen LogP contribution in [0.25, 0.3) is 11.4 Å². The maximum Gasteiger partial charge on any atom is 0.245 e. The van der Waals surface area contributed by atoms with Crippen molar-refractivity contribution >= 4 is 21.9 Å². The van der Waals surface area contributed by atoms with Gasteiger partial charge in [-0.25, -0.2) is 0 Å². The van der Waals surface area contributed by atoms with Gasteiger partial charge >= 0.3 is 0 Å². The van der Waals surface area contributed by atoms with Crippen LogP contribution in [0.5, 0.6) is 0 Å². The summed E-state index contributed by atoms with van der Waals surface area (Å²) >= 11 is 3.50. The molecule has 0 spiro atoms. The van der Waals surface area contributed by atoms with Crippen LogP contribution in [0, 0.1) is 6.92 Å². The molecule has 0 radical (unpaired) electrons. The highest BCUT2D eigenvalue weighted by Crippen LogP contribution is 2.25. The van der Waals surface area contributed by atoms with Crippen LogP contribution in [-0.4, -0.2) is 41.4 Å². The third-order valence-electron chi connectivity index (χ3n) is 3.33. The van der Waals surface area contributed by atoms with Crippen LogP contribution in [0.15, 0.2) is 22.7 Å². The summed E-state index contributed by atoms with van der Waals surface area (Å²) in [6.45, 7) is 5.96. The van der Waals surface area contributed by atoms with Crippen LogP contribution in [0.1, 0.15) is 5.56 Å². The van der Waals surface area contributed by atoms with Crippen molar-refractivity contribution in [3.8, 4) is 11.4 Å². The smallest absolute Gasteiger partial charge is 0.245 e. The second kappa shape index (κ2) is 5.30. The van der Waals surface area contributed by atoms with Gasteiger partial charge < -0.3 is 10.2 Å². The fourth-order valence-electron chi connectivity index (χ4n) is 2.23. The Morgan fingerprint density at radius 1 is 1.26 bits per heavy atom. The molecule has 0 unspecified atom stereocenters. The highest BCUT2D eigenvalue weighted by molar-refractivity contribution is 9.10. The monoisotopic (exact) mass is 321 g/mol. The molecule has 2 N–H and O–H groups in total. The second-order valence-corrected chi connectivity index (χ2v) is 5.60. The number of H-pyrrole nitrogens is 1. The molecule has 1 aromatic carbocycles. The van der Waals surface area contributed by atoms with Crippen molar-refractivity contribution in [3.63, 3.8) is 0 Å². The van der Waals surface area contributed by atoms with Gasteiger partial charge in [-0.15, -0.1) is 5.10 Å². The molecule has 100 valence electrons. The lowest BCUT2D eigenvalue weighted by Crippen LogP contribution is -2.44. The summed E-state index contributed by atoms with van der Waals surface area (Å²) in [5, 5.41) is 10.7. The lowest BCUT2D eigenvalue weighted by Gasteiger charge is -2.25. The Balaban J connectivity index is 1.89. The zero-order valence-corrected chi connectivity index (χ0v) is 12.4. The van der Waals surface area contributed by atoms with E-state index in [1.165, 1.54) is 5.56 Å². The second-order valence-electron chi connectivity index (χ2n) is 4.68. The number of nitrogens with zero attached hydrogens (tertiary/aromatic N) is 3. The van der Waals surface area contributed by atoms with Crippen molar-refractivity contribution in [2.24, 2.45) is 0 Å². The summed E-state index contributed by atoms with van der Waals surface area (Å²) in [6.07, 6.45) is 0. The first kappa shape index (κ1) is 12.6. The maximum absolute atomic E-state index is 4.62. The summed E-state index contributed by atoms with van der Waals surface area (Å²) < 4.78 is 1.05.